The fraction of sp³-hybridized carbons (Fsp3) is 0.286. The van der Waals surface area contributed by atoms with Crippen LogP contribution in [0, 0.1) is 0 Å². The highest BCUT2D eigenvalue weighted by Gasteiger charge is 1.75. The molecule has 1 aliphatic rings. The van der Waals surface area contributed by atoms with Crippen molar-refractivity contribution in [2.75, 3.05) is 0 Å². The van der Waals surface area contributed by atoms with Crippen LogP contribution in [0.3, 0.4) is 0 Å². The van der Waals surface area contributed by atoms with Crippen molar-refractivity contribution in [2.45, 2.75) is 25.7 Å². The largest absolute Gasteiger partial charge is 0.0844 e. The van der Waals surface area contributed by atoms with Crippen LogP contribution < -0.4 is 0 Å². The van der Waals surface area contributed by atoms with E-state index in [4.69, 9.17) is 0 Å². The highest BCUT2D eigenvalue weighted by molar-refractivity contribution is 5.08. The Morgan fingerprint density at radius 2 is 0.643 bits per heavy atom. The molecule has 0 spiro atoms. The first kappa shape index (κ1) is 10.8. The van der Waals surface area contributed by atoms with Crippen molar-refractivity contribution in [3.63, 3.8) is 0 Å². The number of hydrogen-bond acceptors (Lipinski definition) is 0. The zero-order chi connectivity index (χ0) is 9.90. The molecule has 0 radical (unpaired) electrons. The van der Waals surface area contributed by atoms with Gasteiger partial charge in [0.25, 0.3) is 0 Å². The molecule has 0 bridgehead atoms. The van der Waals surface area contributed by atoms with Gasteiger partial charge in [-0.1, -0.05) is 60.8 Å². The summed E-state index contributed by atoms with van der Waals surface area (Å²) in [7, 11) is 0. The topological polar surface area (TPSA) is 0 Å². The van der Waals surface area contributed by atoms with E-state index in [0.717, 1.165) is 25.7 Å². The van der Waals surface area contributed by atoms with Crippen molar-refractivity contribution >= 4 is 0 Å². The lowest BCUT2D eigenvalue weighted by molar-refractivity contribution is 1.26. The van der Waals surface area contributed by atoms with Crippen LogP contribution >= 0.6 is 0 Å². The summed E-state index contributed by atoms with van der Waals surface area (Å²) < 4.78 is 0. The second-order valence-corrected chi connectivity index (χ2v) is 3.21. The van der Waals surface area contributed by atoms with Crippen molar-refractivity contribution in [1.29, 1.82) is 0 Å². The molecular formula is C14H18. The van der Waals surface area contributed by atoms with Gasteiger partial charge in [-0.2, -0.15) is 0 Å². The molecule has 0 saturated heterocycles. The first-order valence-corrected chi connectivity index (χ1v) is 5.27. The van der Waals surface area contributed by atoms with Gasteiger partial charge in [-0.3, -0.25) is 0 Å². The lowest BCUT2D eigenvalue weighted by atomic mass is 10.2. The minimum atomic E-state index is 1.04. The molecule has 1 aliphatic carbocycles. The Kier molecular flexibility index (Phi) is 6.39. The highest BCUT2D eigenvalue weighted by atomic mass is 13.8. The van der Waals surface area contributed by atoms with E-state index in [1.54, 1.807) is 0 Å². The second-order valence-electron chi connectivity index (χ2n) is 3.21. The van der Waals surface area contributed by atoms with Crippen LogP contribution in [0.4, 0.5) is 0 Å². The van der Waals surface area contributed by atoms with E-state index in [2.05, 4.69) is 60.8 Å². The molecule has 0 heterocycles. The summed E-state index contributed by atoms with van der Waals surface area (Å²) >= 11 is 0. The van der Waals surface area contributed by atoms with Crippen LogP contribution in [0.25, 0.3) is 0 Å². The van der Waals surface area contributed by atoms with Gasteiger partial charge in [0.2, 0.25) is 0 Å². The quantitative estimate of drug-likeness (QED) is 0.494. The van der Waals surface area contributed by atoms with Gasteiger partial charge in [0, 0.05) is 0 Å². The van der Waals surface area contributed by atoms with Crippen molar-refractivity contribution in [3.8, 4) is 0 Å². The van der Waals surface area contributed by atoms with Crippen molar-refractivity contribution < 1.29 is 0 Å². The summed E-state index contributed by atoms with van der Waals surface area (Å²) in [5.41, 5.74) is 0. The Bertz CT molecular complexity index is 234. The molecule has 1 rings (SSSR count). The third-order valence-electron chi connectivity index (χ3n) is 1.97. The number of hydrogen-bond donors (Lipinski definition) is 0. The van der Waals surface area contributed by atoms with Gasteiger partial charge in [-0.05, 0) is 25.7 Å². The van der Waals surface area contributed by atoms with Gasteiger partial charge in [0.05, 0.1) is 0 Å². The highest BCUT2D eigenvalue weighted by Crippen LogP contribution is 1.96. The third-order valence-corrected chi connectivity index (χ3v) is 1.97. The van der Waals surface area contributed by atoms with Crippen molar-refractivity contribution in [2.24, 2.45) is 0 Å². The van der Waals surface area contributed by atoms with Crippen LogP contribution in [-0.4, -0.2) is 0 Å². The summed E-state index contributed by atoms with van der Waals surface area (Å²) in [5, 5.41) is 0. The normalized spacial score (nSPS) is 27.4. The van der Waals surface area contributed by atoms with E-state index >= 15 is 0 Å². The predicted molar refractivity (Wildman–Crippen MR) is 64.2 cm³/mol. The smallest absolute Gasteiger partial charge is 0.0166 e. The van der Waals surface area contributed by atoms with E-state index in [-0.39, 0.29) is 0 Å². The van der Waals surface area contributed by atoms with Gasteiger partial charge in [-0.25, -0.2) is 0 Å². The average Bonchev–Trinajstić information content (AvgIpc) is 2.22. The summed E-state index contributed by atoms with van der Waals surface area (Å²) in [6.07, 6.45) is 26.0. The maximum atomic E-state index is 2.21. The fourth-order valence-electron chi connectivity index (χ4n) is 1.21. The maximum Gasteiger partial charge on any atom is -0.0166 e. The van der Waals surface area contributed by atoms with E-state index in [1.807, 2.05) is 0 Å². The fourth-order valence-corrected chi connectivity index (χ4v) is 1.21. The molecule has 0 nitrogen and oxygen atoms in total. The van der Waals surface area contributed by atoms with Crippen LogP contribution in [0.1, 0.15) is 25.7 Å². The molecule has 0 fully saturated rings. The van der Waals surface area contributed by atoms with E-state index in [9.17, 15) is 0 Å². The van der Waals surface area contributed by atoms with Crippen LogP contribution in [0.5, 0.6) is 0 Å². The van der Waals surface area contributed by atoms with Gasteiger partial charge in [0.1, 0.15) is 0 Å². The van der Waals surface area contributed by atoms with Crippen molar-refractivity contribution in [3.05, 3.63) is 60.8 Å². The van der Waals surface area contributed by atoms with Gasteiger partial charge < -0.3 is 0 Å². The van der Waals surface area contributed by atoms with Gasteiger partial charge in [-0.15, -0.1) is 0 Å². The second kappa shape index (κ2) is 8.31. The Balaban J connectivity index is 2.45. The van der Waals surface area contributed by atoms with E-state index in [0.29, 0.717) is 0 Å². The maximum absolute atomic E-state index is 2.21. The third kappa shape index (κ3) is 6.24. The molecule has 0 aliphatic heterocycles. The first-order valence-electron chi connectivity index (χ1n) is 5.27. The molecule has 0 aromatic carbocycles. The van der Waals surface area contributed by atoms with Crippen LogP contribution in [0.2, 0.25) is 0 Å². The van der Waals surface area contributed by atoms with Gasteiger partial charge in [0.15, 0.2) is 0 Å². The zero-order valence-corrected chi connectivity index (χ0v) is 8.60. The summed E-state index contributed by atoms with van der Waals surface area (Å²) in [6.45, 7) is 0. The lowest BCUT2D eigenvalue weighted by Gasteiger charge is -1.86. The lowest BCUT2D eigenvalue weighted by Crippen LogP contribution is -1.65. The SMILES string of the molecule is C1=CC/C=C/C/C=C/C/C=C\C/C=C\1. The number of rotatable bonds is 0. The van der Waals surface area contributed by atoms with Crippen molar-refractivity contribution in [1.82, 2.24) is 0 Å². The summed E-state index contributed by atoms with van der Waals surface area (Å²) in [6, 6.07) is 0. The monoisotopic (exact) mass is 186 g/mol. The molecular weight excluding hydrogens is 168 g/mol. The minimum absolute atomic E-state index is 1.04. The Morgan fingerprint density at radius 3 is 1.00 bits per heavy atom. The minimum Gasteiger partial charge on any atom is -0.0844 e. The van der Waals surface area contributed by atoms with E-state index in [1.165, 1.54) is 0 Å². The Morgan fingerprint density at radius 1 is 0.357 bits per heavy atom. The molecule has 0 amide bonds. The van der Waals surface area contributed by atoms with E-state index < -0.39 is 0 Å². The zero-order valence-electron chi connectivity index (χ0n) is 8.60. The summed E-state index contributed by atoms with van der Waals surface area (Å²) in [5.74, 6) is 0. The molecule has 0 unspecified atom stereocenters. The Labute approximate surface area is 87.0 Å². The molecule has 0 aromatic rings. The number of allylic oxidation sites excluding steroid dienone is 10. The standard InChI is InChI=1S/C14H18/c1-2-4-6-8-10-12-14-13-11-9-7-5-3-1/h1-4,7-10,13-14H,5-6,11-12H2/b3-1-,4-2?,9-7-,10-8+,14-13+. The molecule has 0 heteroatoms. The predicted octanol–water partition coefficient (Wildman–Crippen LogP) is 4.34. The Hall–Kier alpha value is -1.30. The average molecular weight is 186 g/mol. The first-order chi connectivity index (χ1) is 7.00. The molecule has 14 heavy (non-hydrogen) atoms. The molecule has 0 aromatic heterocycles. The molecule has 74 valence electrons. The summed E-state index contributed by atoms with van der Waals surface area (Å²) in [4.78, 5) is 0. The molecule has 0 saturated carbocycles. The molecule has 0 N–H and O–H groups in total. The molecule has 0 atom stereocenters. The van der Waals surface area contributed by atoms with Gasteiger partial charge >= 0.3 is 0 Å². The van der Waals surface area contributed by atoms with Crippen LogP contribution in [-0.2, 0) is 0 Å². The van der Waals surface area contributed by atoms with Crippen LogP contribution in [0.15, 0.2) is 60.8 Å².